The molecule has 0 fully saturated rings. The normalized spacial score (nSPS) is 12.0. The molecule has 0 amide bonds. The molecule has 0 aromatic heterocycles. The number of hydrogen-bond acceptors (Lipinski definition) is 6. The molecule has 0 aliphatic heterocycles. The van der Waals surface area contributed by atoms with Gasteiger partial charge in [-0.2, -0.15) is 4.79 Å². The Hall–Kier alpha value is -5.76. The Morgan fingerprint density at radius 1 is 0.673 bits per heavy atom. The lowest BCUT2D eigenvalue weighted by Gasteiger charge is -2.33. The summed E-state index contributed by atoms with van der Waals surface area (Å²) >= 11 is 0. The summed E-state index contributed by atoms with van der Waals surface area (Å²) in [6.07, 6.45) is 9.68. The monoisotopic (exact) mass is 720 g/mol. The predicted molar refractivity (Wildman–Crippen MR) is 211 cm³/mol. The number of carbonyl (C=O) groups is 1. The molecule has 0 saturated heterocycles. The van der Waals surface area contributed by atoms with Crippen LogP contribution in [-0.4, -0.2) is 52.8 Å². The van der Waals surface area contributed by atoms with Crippen molar-refractivity contribution in [3.63, 3.8) is 0 Å². The molecule has 0 atom stereocenters. The van der Waals surface area contributed by atoms with Crippen molar-refractivity contribution in [1.29, 1.82) is 0 Å². The Labute approximate surface area is 309 Å². The molecule has 9 heteroatoms. The first-order valence-corrected chi connectivity index (χ1v) is 18.3. The fourth-order valence-electron chi connectivity index (χ4n) is 5.56. The van der Waals surface area contributed by atoms with Crippen LogP contribution < -0.4 is 14.2 Å². The lowest BCUT2D eigenvalue weighted by Crippen LogP contribution is -2.26. The van der Waals surface area contributed by atoms with Crippen LogP contribution in [0.25, 0.3) is 5.53 Å². The van der Waals surface area contributed by atoms with Gasteiger partial charge in [0.1, 0.15) is 17.2 Å². The van der Waals surface area contributed by atoms with Gasteiger partial charge in [0.05, 0.1) is 26.2 Å². The van der Waals surface area contributed by atoms with Gasteiger partial charge in [-0.25, -0.2) is 8.42 Å². The Balaban J connectivity index is 0.000000460. The molecule has 0 bridgehead atoms. The van der Waals surface area contributed by atoms with E-state index in [-0.39, 0.29) is 17.2 Å². The number of allylic oxidation sites excluding steroid dienone is 6. The standard InChI is InChI=1S/C32H34O3.C11H12N2O3S.H2/c1-31(2,24-11-17-28(33-4)18-12-24)23-7-9-25(10-8-23)32(3,26-13-19-29(34-5)20-14-26)27-15-21-30(35-6)22-16-27;1-3-6-11(17(2,15)16)8-5-4-7-10(14)9-13-12;/h7-22H,1-6H3;3-9H,1H2,2H3;1H/b;7-4+,8-5-,11-6-;. The minimum Gasteiger partial charge on any atom is -0.497 e. The summed E-state index contributed by atoms with van der Waals surface area (Å²) < 4.78 is 38.6. The van der Waals surface area contributed by atoms with E-state index in [2.05, 4.69) is 92.8 Å². The molecule has 4 rings (SSSR count). The Morgan fingerprint density at radius 3 is 1.37 bits per heavy atom. The van der Waals surface area contributed by atoms with E-state index in [4.69, 9.17) is 19.7 Å². The highest BCUT2D eigenvalue weighted by molar-refractivity contribution is 7.94. The van der Waals surface area contributed by atoms with E-state index in [0.717, 1.165) is 35.8 Å². The van der Waals surface area contributed by atoms with Crippen LogP contribution in [-0.2, 0) is 25.5 Å². The lowest BCUT2D eigenvalue weighted by molar-refractivity contribution is -0.111. The first-order chi connectivity index (χ1) is 24.7. The van der Waals surface area contributed by atoms with Crippen LogP contribution in [0, 0.1) is 0 Å². The van der Waals surface area contributed by atoms with E-state index in [9.17, 15) is 13.2 Å². The SMILES string of the molecule is C=C/C=C(/C=C\C=C\C(=O)C=[N+]=[N-])S(C)(=O)=O.COc1ccc(C(C)(C)c2ccc(C(C)(c3ccc(OC)cc3)c3ccc(OC)cc3)cc2)cc1.[HH]. The average molecular weight is 721 g/mol. The molecule has 0 saturated carbocycles. The third-order valence-electron chi connectivity index (χ3n) is 8.86. The zero-order chi connectivity index (χ0) is 38.4. The molecule has 0 aliphatic rings. The van der Waals surface area contributed by atoms with Gasteiger partial charge in [-0.05, 0) is 89.4 Å². The number of ether oxygens (including phenoxy) is 3. The summed E-state index contributed by atoms with van der Waals surface area (Å²) in [7, 11) is 1.77. The highest BCUT2D eigenvalue weighted by atomic mass is 32.2. The maximum absolute atomic E-state index is 11.2. The quantitative estimate of drug-likeness (QED) is 0.0321. The molecule has 0 unspecified atom stereocenters. The van der Waals surface area contributed by atoms with E-state index < -0.39 is 15.6 Å². The van der Waals surface area contributed by atoms with Gasteiger partial charge in [0, 0.05) is 18.5 Å². The minimum absolute atomic E-state index is 0. The summed E-state index contributed by atoms with van der Waals surface area (Å²) in [6, 6.07) is 34.1. The summed E-state index contributed by atoms with van der Waals surface area (Å²) in [6.45, 7) is 10.2. The number of benzene rings is 4. The molecule has 0 aliphatic carbocycles. The Morgan fingerprint density at radius 2 is 1.02 bits per heavy atom. The van der Waals surface area contributed by atoms with Crippen molar-refractivity contribution in [2.45, 2.75) is 31.6 Å². The molecule has 4 aromatic carbocycles. The van der Waals surface area contributed by atoms with Crippen molar-refractivity contribution in [2.75, 3.05) is 27.6 Å². The van der Waals surface area contributed by atoms with Gasteiger partial charge < -0.3 is 19.7 Å². The second-order valence-corrected chi connectivity index (χ2v) is 14.5. The fraction of sp³-hybridized carbons (Fsp3) is 0.209. The zero-order valence-corrected chi connectivity index (χ0v) is 31.6. The maximum atomic E-state index is 11.2. The second-order valence-electron chi connectivity index (χ2n) is 12.5. The first-order valence-electron chi connectivity index (χ1n) is 16.4. The Kier molecular flexibility index (Phi) is 14.4. The molecule has 0 heterocycles. The van der Waals surface area contributed by atoms with Crippen LogP contribution in [0.1, 0.15) is 50.0 Å². The molecule has 4 aromatic rings. The van der Waals surface area contributed by atoms with Crippen LogP contribution in [0.3, 0.4) is 0 Å². The molecular formula is C43H48N2O6S. The molecular weight excluding hydrogens is 673 g/mol. The van der Waals surface area contributed by atoms with E-state index in [1.54, 1.807) is 21.3 Å². The van der Waals surface area contributed by atoms with Gasteiger partial charge in [-0.3, -0.25) is 4.79 Å². The van der Waals surface area contributed by atoms with Crippen molar-refractivity contribution in [3.05, 3.63) is 178 Å². The highest BCUT2D eigenvalue weighted by Gasteiger charge is 2.32. The molecule has 8 nitrogen and oxygen atoms in total. The van der Waals surface area contributed by atoms with Crippen molar-refractivity contribution in [1.82, 2.24) is 0 Å². The van der Waals surface area contributed by atoms with E-state index in [0.29, 0.717) is 0 Å². The van der Waals surface area contributed by atoms with Crippen LogP contribution in [0.15, 0.2) is 145 Å². The summed E-state index contributed by atoms with van der Waals surface area (Å²) in [5.41, 5.74) is 13.7. The summed E-state index contributed by atoms with van der Waals surface area (Å²) in [5, 5.41) is 0. The second kappa shape index (κ2) is 18.5. The van der Waals surface area contributed by atoms with Crippen LogP contribution >= 0.6 is 0 Å². The summed E-state index contributed by atoms with van der Waals surface area (Å²) in [4.78, 5) is 13.5. The van der Waals surface area contributed by atoms with Gasteiger partial charge >= 0.3 is 6.21 Å². The van der Waals surface area contributed by atoms with Crippen molar-refractivity contribution < 1.29 is 33.6 Å². The van der Waals surface area contributed by atoms with Crippen LogP contribution in [0.4, 0.5) is 0 Å². The molecule has 52 heavy (non-hydrogen) atoms. The molecule has 272 valence electrons. The number of methoxy groups -OCH3 is 3. The van der Waals surface area contributed by atoms with Gasteiger partial charge in [-0.1, -0.05) is 99.3 Å². The molecule has 0 spiro atoms. The maximum Gasteiger partial charge on any atom is 0.327 e. The van der Waals surface area contributed by atoms with Crippen LogP contribution in [0.2, 0.25) is 0 Å². The van der Waals surface area contributed by atoms with Crippen molar-refractivity contribution in [3.8, 4) is 17.2 Å². The van der Waals surface area contributed by atoms with Gasteiger partial charge in [0.25, 0.3) is 5.78 Å². The van der Waals surface area contributed by atoms with E-state index in [1.807, 2.05) is 36.4 Å². The smallest absolute Gasteiger partial charge is 0.327 e. The summed E-state index contributed by atoms with van der Waals surface area (Å²) in [5.74, 6) is 2.06. The zero-order valence-electron chi connectivity index (χ0n) is 30.7. The number of nitrogens with zero attached hydrogens (tertiary/aromatic N) is 2. The molecule has 0 N–H and O–H groups in total. The van der Waals surface area contributed by atoms with Crippen molar-refractivity contribution >= 4 is 21.8 Å². The largest absolute Gasteiger partial charge is 0.497 e. The number of ketones is 1. The number of sulfone groups is 1. The number of rotatable bonds is 14. The van der Waals surface area contributed by atoms with E-state index >= 15 is 0 Å². The third-order valence-corrected chi connectivity index (χ3v) is 9.99. The van der Waals surface area contributed by atoms with E-state index in [1.165, 1.54) is 58.2 Å². The Bertz CT molecular complexity index is 2010. The number of hydrogen-bond donors (Lipinski definition) is 0. The first kappa shape index (κ1) is 40.7. The molecule has 0 radical (unpaired) electrons. The number of carbonyl (C=O) groups excluding carboxylic acids is 1. The van der Waals surface area contributed by atoms with Gasteiger partial charge in [0.15, 0.2) is 9.84 Å². The minimum atomic E-state index is -3.32. The fourth-order valence-corrected chi connectivity index (χ4v) is 6.23. The van der Waals surface area contributed by atoms with Gasteiger partial charge in [0.2, 0.25) is 0 Å². The van der Waals surface area contributed by atoms with Crippen molar-refractivity contribution in [2.24, 2.45) is 0 Å². The highest BCUT2D eigenvalue weighted by Crippen LogP contribution is 2.41. The van der Waals surface area contributed by atoms with Gasteiger partial charge in [-0.15, -0.1) is 0 Å². The topological polar surface area (TPSA) is 115 Å². The lowest BCUT2D eigenvalue weighted by atomic mass is 9.70. The predicted octanol–water partition coefficient (Wildman–Crippen LogP) is 8.72. The average Bonchev–Trinajstić information content (AvgIpc) is 3.15. The van der Waals surface area contributed by atoms with Crippen LogP contribution in [0.5, 0.6) is 17.2 Å². The third kappa shape index (κ3) is 10.4.